The summed E-state index contributed by atoms with van der Waals surface area (Å²) in [5, 5.41) is 1.16. The van der Waals surface area contributed by atoms with Gasteiger partial charge >= 0.3 is 0 Å². The van der Waals surface area contributed by atoms with Gasteiger partial charge in [-0.3, -0.25) is 4.79 Å². The number of halogens is 3. The number of benzene rings is 2. The van der Waals surface area contributed by atoms with E-state index in [9.17, 15) is 4.79 Å². The molecule has 0 saturated carbocycles. The third kappa shape index (κ3) is 3.87. The molecule has 0 N–H and O–H groups in total. The Hall–Kier alpha value is -0.780. The first-order valence-electron chi connectivity index (χ1n) is 5.92. The van der Waals surface area contributed by atoms with Crippen molar-refractivity contribution in [3.05, 3.63) is 67.2 Å². The van der Waals surface area contributed by atoms with Crippen LogP contribution in [0.15, 0.2) is 42.5 Å². The number of hydrogen-bond donors (Lipinski definition) is 0. The first-order chi connectivity index (χ1) is 9.47. The average molecular weight is 420 g/mol. The highest BCUT2D eigenvalue weighted by Crippen LogP contribution is 2.22. The number of amides is 1. The molecule has 5 heteroatoms. The van der Waals surface area contributed by atoms with Crippen LogP contribution in [-0.2, 0) is 6.54 Å². The summed E-state index contributed by atoms with van der Waals surface area (Å²) in [6, 6.07) is 12.8. The molecule has 0 heterocycles. The summed E-state index contributed by atoms with van der Waals surface area (Å²) in [4.78, 5) is 14.0. The van der Waals surface area contributed by atoms with Crippen LogP contribution in [0.1, 0.15) is 15.9 Å². The zero-order valence-corrected chi connectivity index (χ0v) is 14.4. The van der Waals surface area contributed by atoms with Gasteiger partial charge in [-0.05, 0) is 58.5 Å². The Morgan fingerprint density at radius 3 is 2.60 bits per heavy atom. The highest BCUT2D eigenvalue weighted by molar-refractivity contribution is 14.1. The first-order valence-corrected chi connectivity index (χ1v) is 7.76. The normalized spacial score (nSPS) is 10.4. The van der Waals surface area contributed by atoms with Crippen LogP contribution in [0.3, 0.4) is 0 Å². The maximum absolute atomic E-state index is 12.3. The average Bonchev–Trinajstić information content (AvgIpc) is 2.41. The van der Waals surface area contributed by atoms with E-state index >= 15 is 0 Å². The summed E-state index contributed by atoms with van der Waals surface area (Å²) >= 11 is 14.2. The Bertz CT molecular complexity index is 646. The van der Waals surface area contributed by atoms with Gasteiger partial charge in [0.25, 0.3) is 5.91 Å². The van der Waals surface area contributed by atoms with E-state index in [1.807, 2.05) is 30.3 Å². The van der Waals surface area contributed by atoms with E-state index in [2.05, 4.69) is 22.6 Å². The molecule has 0 atom stereocenters. The Labute approximate surface area is 141 Å². The van der Waals surface area contributed by atoms with Gasteiger partial charge in [0.1, 0.15) is 0 Å². The van der Waals surface area contributed by atoms with Crippen molar-refractivity contribution in [2.75, 3.05) is 7.05 Å². The molecule has 0 aliphatic rings. The predicted octanol–water partition coefficient (Wildman–Crippen LogP) is 4.87. The number of nitrogens with zero attached hydrogens (tertiary/aromatic N) is 1. The molecule has 1 amide bonds. The fourth-order valence-electron chi connectivity index (χ4n) is 1.82. The van der Waals surface area contributed by atoms with Crippen molar-refractivity contribution < 1.29 is 4.79 Å². The van der Waals surface area contributed by atoms with E-state index in [1.54, 1.807) is 24.1 Å². The molecular weight excluding hydrogens is 408 g/mol. The molecule has 0 saturated heterocycles. The second-order valence-electron chi connectivity index (χ2n) is 4.41. The smallest absolute Gasteiger partial charge is 0.253 e. The predicted molar refractivity (Wildman–Crippen MR) is 91.4 cm³/mol. The number of carbonyl (C=O) groups is 1. The van der Waals surface area contributed by atoms with Crippen molar-refractivity contribution >= 4 is 51.7 Å². The fourth-order valence-corrected chi connectivity index (χ4v) is 2.83. The maximum Gasteiger partial charge on any atom is 0.253 e. The SMILES string of the molecule is CN(Cc1ccc(Cl)cc1Cl)C(=O)c1cccc(I)c1. The molecule has 0 radical (unpaired) electrons. The lowest BCUT2D eigenvalue weighted by molar-refractivity contribution is 0.0785. The summed E-state index contributed by atoms with van der Waals surface area (Å²) in [5.74, 6) is -0.0328. The van der Waals surface area contributed by atoms with Crippen molar-refractivity contribution in [3.8, 4) is 0 Å². The van der Waals surface area contributed by atoms with Gasteiger partial charge in [-0.15, -0.1) is 0 Å². The van der Waals surface area contributed by atoms with Gasteiger partial charge in [-0.1, -0.05) is 35.3 Å². The summed E-state index contributed by atoms with van der Waals surface area (Å²) in [5.41, 5.74) is 1.54. The number of carbonyl (C=O) groups excluding carboxylic acids is 1. The van der Waals surface area contributed by atoms with Gasteiger partial charge in [0.2, 0.25) is 0 Å². The number of rotatable bonds is 3. The topological polar surface area (TPSA) is 20.3 Å². The molecule has 0 spiro atoms. The number of hydrogen-bond acceptors (Lipinski definition) is 1. The minimum atomic E-state index is -0.0328. The van der Waals surface area contributed by atoms with Crippen LogP contribution in [-0.4, -0.2) is 17.9 Å². The largest absolute Gasteiger partial charge is 0.337 e. The van der Waals surface area contributed by atoms with Crippen molar-refractivity contribution in [1.82, 2.24) is 4.90 Å². The molecule has 0 aromatic heterocycles. The fraction of sp³-hybridized carbons (Fsp3) is 0.133. The summed E-state index contributed by atoms with van der Waals surface area (Å²) in [6.45, 7) is 0.445. The van der Waals surface area contributed by atoms with Gasteiger partial charge in [0, 0.05) is 32.8 Å². The van der Waals surface area contributed by atoms with Gasteiger partial charge in [0.05, 0.1) is 0 Å². The quantitative estimate of drug-likeness (QED) is 0.650. The molecule has 104 valence electrons. The van der Waals surface area contributed by atoms with Gasteiger partial charge < -0.3 is 4.90 Å². The van der Waals surface area contributed by atoms with E-state index < -0.39 is 0 Å². The van der Waals surface area contributed by atoms with Crippen LogP contribution in [0.25, 0.3) is 0 Å². The molecular formula is C15H12Cl2INO. The molecule has 0 fully saturated rings. The zero-order chi connectivity index (χ0) is 14.7. The lowest BCUT2D eigenvalue weighted by Crippen LogP contribution is -2.26. The Balaban J connectivity index is 2.15. The molecule has 0 aliphatic heterocycles. The summed E-state index contributed by atoms with van der Waals surface area (Å²) in [6.07, 6.45) is 0. The van der Waals surface area contributed by atoms with Crippen LogP contribution in [0.2, 0.25) is 10.0 Å². The first kappa shape index (κ1) is 15.6. The van der Waals surface area contributed by atoms with E-state index in [-0.39, 0.29) is 5.91 Å². The van der Waals surface area contributed by atoms with Crippen molar-refractivity contribution in [1.29, 1.82) is 0 Å². The van der Waals surface area contributed by atoms with Crippen LogP contribution < -0.4 is 0 Å². The lowest BCUT2D eigenvalue weighted by atomic mass is 10.1. The minimum absolute atomic E-state index is 0.0328. The molecule has 2 aromatic carbocycles. The third-order valence-corrected chi connectivity index (χ3v) is 4.10. The van der Waals surface area contributed by atoms with Crippen LogP contribution >= 0.6 is 45.8 Å². The molecule has 0 bridgehead atoms. The van der Waals surface area contributed by atoms with E-state index in [0.29, 0.717) is 22.2 Å². The molecule has 2 aromatic rings. The molecule has 2 rings (SSSR count). The van der Waals surface area contributed by atoms with E-state index in [4.69, 9.17) is 23.2 Å². The van der Waals surface area contributed by atoms with E-state index in [0.717, 1.165) is 9.13 Å². The van der Waals surface area contributed by atoms with Crippen molar-refractivity contribution in [2.24, 2.45) is 0 Å². The van der Waals surface area contributed by atoms with Crippen LogP contribution in [0.5, 0.6) is 0 Å². The highest BCUT2D eigenvalue weighted by atomic mass is 127. The van der Waals surface area contributed by atoms with Crippen molar-refractivity contribution in [3.63, 3.8) is 0 Å². The zero-order valence-electron chi connectivity index (χ0n) is 10.7. The maximum atomic E-state index is 12.3. The Kier molecular flexibility index (Phi) is 5.29. The minimum Gasteiger partial charge on any atom is -0.337 e. The molecule has 0 aliphatic carbocycles. The van der Waals surface area contributed by atoms with Crippen molar-refractivity contribution in [2.45, 2.75) is 6.54 Å². The Morgan fingerprint density at radius 2 is 1.95 bits per heavy atom. The summed E-state index contributed by atoms with van der Waals surface area (Å²) in [7, 11) is 1.76. The standard InChI is InChI=1S/C15H12Cl2INO/c1-19(9-11-5-6-12(16)8-14(11)17)15(20)10-3-2-4-13(18)7-10/h2-8H,9H2,1H3. The van der Waals surface area contributed by atoms with Gasteiger partial charge in [-0.25, -0.2) is 0 Å². The van der Waals surface area contributed by atoms with Crippen LogP contribution in [0, 0.1) is 3.57 Å². The molecule has 2 nitrogen and oxygen atoms in total. The van der Waals surface area contributed by atoms with Gasteiger partial charge in [0.15, 0.2) is 0 Å². The van der Waals surface area contributed by atoms with Gasteiger partial charge in [-0.2, -0.15) is 0 Å². The third-order valence-electron chi connectivity index (χ3n) is 2.84. The van der Waals surface area contributed by atoms with E-state index in [1.165, 1.54) is 0 Å². The van der Waals surface area contributed by atoms with Crippen LogP contribution in [0.4, 0.5) is 0 Å². The second-order valence-corrected chi connectivity index (χ2v) is 6.50. The lowest BCUT2D eigenvalue weighted by Gasteiger charge is -2.18. The summed E-state index contributed by atoms with van der Waals surface area (Å²) < 4.78 is 1.03. The monoisotopic (exact) mass is 419 g/mol. The molecule has 0 unspecified atom stereocenters. The second kappa shape index (κ2) is 6.78. The highest BCUT2D eigenvalue weighted by Gasteiger charge is 2.13. The molecule has 20 heavy (non-hydrogen) atoms. The Morgan fingerprint density at radius 1 is 1.20 bits per heavy atom.